The second kappa shape index (κ2) is 6.81. The molecule has 5 nitrogen and oxygen atoms in total. The molecular weight excluding hydrogens is 274 g/mol. The van der Waals surface area contributed by atoms with Crippen LogP contribution in [-0.4, -0.2) is 23.3 Å². The maximum Gasteiger partial charge on any atom is 0.319 e. The molecule has 0 atom stereocenters. The van der Waals surface area contributed by atoms with Gasteiger partial charge in [0.2, 0.25) is 0 Å². The highest BCUT2D eigenvalue weighted by atomic mass is 32.1. The lowest BCUT2D eigenvalue weighted by Crippen LogP contribution is -2.30. The zero-order valence-corrected chi connectivity index (χ0v) is 11.9. The maximum atomic E-state index is 11.7. The number of aromatic nitrogens is 1. The molecule has 0 aliphatic heterocycles. The fraction of sp³-hybridized carbons (Fsp3) is 0.214. The number of hydrogen-bond acceptors (Lipinski definition) is 4. The highest BCUT2D eigenvalue weighted by Gasteiger charge is 2.03. The van der Waals surface area contributed by atoms with Crippen LogP contribution in [0.2, 0.25) is 0 Å². The predicted molar refractivity (Wildman–Crippen MR) is 79.3 cm³/mol. The minimum atomic E-state index is -0.268. The number of urea groups is 1. The summed E-state index contributed by atoms with van der Waals surface area (Å²) < 4.78 is 0. The summed E-state index contributed by atoms with van der Waals surface area (Å²) in [6.45, 7) is 2.04. The van der Waals surface area contributed by atoms with Crippen molar-refractivity contribution in [2.75, 3.05) is 11.9 Å². The molecule has 2 N–H and O–H groups in total. The first-order valence-corrected chi connectivity index (χ1v) is 7.12. The van der Waals surface area contributed by atoms with Crippen LogP contribution in [0.3, 0.4) is 0 Å². The van der Waals surface area contributed by atoms with E-state index in [1.165, 1.54) is 18.3 Å². The van der Waals surface area contributed by atoms with Crippen LogP contribution >= 0.6 is 11.3 Å². The van der Waals surface area contributed by atoms with Gasteiger partial charge in [-0.25, -0.2) is 9.78 Å². The fourth-order valence-corrected chi connectivity index (χ4v) is 2.22. The third kappa shape index (κ3) is 4.17. The standard InChI is InChI=1S/C14H15N3O2S/c1-10(18)11-2-4-12(5-3-11)17-14(19)15-7-6-13-8-20-9-16-13/h2-5,8-9H,6-7H2,1H3,(H2,15,17,19). The molecule has 2 amide bonds. The highest BCUT2D eigenvalue weighted by Crippen LogP contribution is 2.09. The van der Waals surface area contributed by atoms with E-state index in [1.807, 2.05) is 5.38 Å². The number of thiazole rings is 1. The lowest BCUT2D eigenvalue weighted by molar-refractivity contribution is 0.101. The van der Waals surface area contributed by atoms with Gasteiger partial charge in [-0.1, -0.05) is 0 Å². The third-order valence-corrected chi connectivity index (χ3v) is 3.33. The van der Waals surface area contributed by atoms with E-state index in [-0.39, 0.29) is 11.8 Å². The Kier molecular flexibility index (Phi) is 4.84. The number of carbonyl (C=O) groups excluding carboxylic acids is 2. The number of hydrogen-bond donors (Lipinski definition) is 2. The number of nitrogens with one attached hydrogen (secondary N) is 2. The van der Waals surface area contributed by atoms with Crippen molar-refractivity contribution in [2.24, 2.45) is 0 Å². The number of ketones is 1. The Morgan fingerprint density at radius 3 is 2.60 bits per heavy atom. The van der Waals surface area contributed by atoms with Gasteiger partial charge in [-0.15, -0.1) is 11.3 Å². The summed E-state index contributed by atoms with van der Waals surface area (Å²) >= 11 is 1.54. The molecule has 2 aromatic rings. The van der Waals surface area contributed by atoms with Crippen molar-refractivity contribution in [3.63, 3.8) is 0 Å². The summed E-state index contributed by atoms with van der Waals surface area (Å²) in [6, 6.07) is 6.52. The van der Waals surface area contributed by atoms with E-state index >= 15 is 0 Å². The lowest BCUT2D eigenvalue weighted by atomic mass is 10.1. The number of rotatable bonds is 5. The van der Waals surface area contributed by atoms with Gasteiger partial charge in [0.15, 0.2) is 5.78 Å². The average Bonchev–Trinajstić information content (AvgIpc) is 2.92. The van der Waals surface area contributed by atoms with E-state index in [4.69, 9.17) is 0 Å². The zero-order valence-electron chi connectivity index (χ0n) is 11.1. The van der Waals surface area contributed by atoms with Gasteiger partial charge in [0.25, 0.3) is 0 Å². The molecule has 20 heavy (non-hydrogen) atoms. The van der Waals surface area contributed by atoms with Crippen LogP contribution in [0.1, 0.15) is 23.0 Å². The van der Waals surface area contributed by atoms with Crippen molar-refractivity contribution in [3.8, 4) is 0 Å². The number of anilines is 1. The largest absolute Gasteiger partial charge is 0.337 e. The van der Waals surface area contributed by atoms with Gasteiger partial charge >= 0.3 is 6.03 Å². The van der Waals surface area contributed by atoms with Crippen LogP contribution in [0.4, 0.5) is 10.5 Å². The van der Waals surface area contributed by atoms with Crippen molar-refractivity contribution >= 4 is 28.8 Å². The topological polar surface area (TPSA) is 71.1 Å². The van der Waals surface area contributed by atoms with E-state index in [0.717, 1.165) is 5.69 Å². The SMILES string of the molecule is CC(=O)c1ccc(NC(=O)NCCc2cscn2)cc1. The molecule has 0 saturated heterocycles. The second-order valence-electron chi connectivity index (χ2n) is 4.24. The van der Waals surface area contributed by atoms with Crippen molar-refractivity contribution in [1.82, 2.24) is 10.3 Å². The summed E-state index contributed by atoms with van der Waals surface area (Å²) in [5.41, 5.74) is 4.02. The van der Waals surface area contributed by atoms with Crippen LogP contribution in [-0.2, 0) is 6.42 Å². The van der Waals surface area contributed by atoms with Crippen molar-refractivity contribution in [1.29, 1.82) is 0 Å². The maximum absolute atomic E-state index is 11.7. The summed E-state index contributed by atoms with van der Waals surface area (Å²) in [4.78, 5) is 26.9. The Bertz CT molecular complexity index is 579. The minimum Gasteiger partial charge on any atom is -0.337 e. The molecule has 0 fully saturated rings. The van der Waals surface area contributed by atoms with Gasteiger partial charge in [0, 0.05) is 29.6 Å². The van der Waals surface area contributed by atoms with Crippen molar-refractivity contribution < 1.29 is 9.59 Å². The first kappa shape index (κ1) is 14.2. The number of amides is 2. The Hall–Kier alpha value is -2.21. The van der Waals surface area contributed by atoms with Crippen LogP contribution in [0.5, 0.6) is 0 Å². The van der Waals surface area contributed by atoms with E-state index in [1.54, 1.807) is 29.8 Å². The normalized spacial score (nSPS) is 10.1. The van der Waals surface area contributed by atoms with Crippen LogP contribution in [0, 0.1) is 0 Å². The smallest absolute Gasteiger partial charge is 0.319 e. The van der Waals surface area contributed by atoms with Gasteiger partial charge in [0.1, 0.15) is 0 Å². The van der Waals surface area contributed by atoms with Gasteiger partial charge in [-0.3, -0.25) is 4.79 Å². The van der Waals surface area contributed by atoms with Gasteiger partial charge < -0.3 is 10.6 Å². The second-order valence-corrected chi connectivity index (χ2v) is 4.96. The highest BCUT2D eigenvalue weighted by molar-refractivity contribution is 7.07. The molecule has 2 rings (SSSR count). The van der Waals surface area contributed by atoms with Crippen LogP contribution < -0.4 is 10.6 Å². The molecule has 0 aliphatic rings. The van der Waals surface area contributed by atoms with Crippen LogP contribution in [0.15, 0.2) is 35.2 Å². The molecule has 104 valence electrons. The van der Waals surface area contributed by atoms with E-state index in [0.29, 0.717) is 24.2 Å². The molecule has 1 aromatic carbocycles. The molecule has 0 saturated carbocycles. The summed E-state index contributed by atoms with van der Waals surface area (Å²) in [6.07, 6.45) is 0.709. The van der Waals surface area contributed by atoms with Gasteiger partial charge in [-0.05, 0) is 31.2 Å². The molecular formula is C14H15N3O2S. The van der Waals surface area contributed by atoms with E-state index < -0.39 is 0 Å². The van der Waals surface area contributed by atoms with Gasteiger partial charge in [-0.2, -0.15) is 0 Å². The third-order valence-electron chi connectivity index (χ3n) is 2.70. The quantitative estimate of drug-likeness (QED) is 0.831. The average molecular weight is 289 g/mol. The van der Waals surface area contributed by atoms with Crippen molar-refractivity contribution in [3.05, 3.63) is 46.4 Å². The molecule has 0 spiro atoms. The Labute approximate surface area is 121 Å². The number of carbonyl (C=O) groups is 2. The predicted octanol–water partition coefficient (Wildman–Crippen LogP) is 2.71. The van der Waals surface area contributed by atoms with Crippen LogP contribution in [0.25, 0.3) is 0 Å². The summed E-state index contributed by atoms with van der Waals surface area (Å²) in [5.74, 6) is 0.00395. The first-order valence-electron chi connectivity index (χ1n) is 6.18. The number of nitrogens with zero attached hydrogens (tertiary/aromatic N) is 1. The van der Waals surface area contributed by atoms with Crippen molar-refractivity contribution in [2.45, 2.75) is 13.3 Å². The Morgan fingerprint density at radius 2 is 2.00 bits per heavy atom. The van der Waals surface area contributed by atoms with Gasteiger partial charge in [0.05, 0.1) is 11.2 Å². The summed E-state index contributed by atoms with van der Waals surface area (Å²) in [5, 5.41) is 7.42. The zero-order chi connectivity index (χ0) is 14.4. The molecule has 0 bridgehead atoms. The lowest BCUT2D eigenvalue weighted by Gasteiger charge is -2.07. The van der Waals surface area contributed by atoms with E-state index in [2.05, 4.69) is 15.6 Å². The number of benzene rings is 1. The molecule has 0 radical (unpaired) electrons. The molecule has 1 aromatic heterocycles. The fourth-order valence-electron chi connectivity index (χ4n) is 1.63. The monoisotopic (exact) mass is 289 g/mol. The molecule has 0 unspecified atom stereocenters. The Morgan fingerprint density at radius 1 is 1.25 bits per heavy atom. The molecule has 6 heteroatoms. The minimum absolute atomic E-state index is 0.00395. The van der Waals surface area contributed by atoms with E-state index in [9.17, 15) is 9.59 Å². The number of Topliss-reactive ketones (excluding diaryl/α,β-unsaturated/α-hetero) is 1. The molecule has 1 heterocycles. The Balaban J connectivity index is 1.77. The first-order chi connectivity index (χ1) is 9.65. The summed E-state index contributed by atoms with van der Waals surface area (Å²) in [7, 11) is 0. The molecule has 0 aliphatic carbocycles.